The standard InChI is InChI=1S/C27H28ClF2NO5S/c28-21-7-3-16(26(33)31-19-6-8-22(29)23(30)14-19)11-25(21)37(35,36)20-12-17-4-5-18(13-20)27(17,34)10-9-24(32)15-1-2-15/h3,6-8,11,14-15,17-18,20,34H,1-2,4-5,9-10,12-13H2,(H,31,33)/t17-,18?,20?,27?/m0/s1. The summed E-state index contributed by atoms with van der Waals surface area (Å²) in [5, 5.41) is 13.1. The van der Waals surface area contributed by atoms with Gasteiger partial charge < -0.3 is 10.4 Å². The fourth-order valence-corrected chi connectivity index (χ4v) is 8.43. The van der Waals surface area contributed by atoms with Crippen molar-refractivity contribution in [2.75, 3.05) is 5.32 Å². The van der Waals surface area contributed by atoms with E-state index in [2.05, 4.69) is 5.32 Å². The Morgan fingerprint density at radius 1 is 1.00 bits per heavy atom. The average molecular weight is 552 g/mol. The third kappa shape index (κ3) is 5.05. The zero-order valence-electron chi connectivity index (χ0n) is 20.1. The van der Waals surface area contributed by atoms with Crippen LogP contribution in [0.25, 0.3) is 0 Å². The number of carbonyl (C=O) groups excluding carboxylic acids is 2. The van der Waals surface area contributed by atoms with E-state index in [-0.39, 0.29) is 57.5 Å². The number of nitrogens with one attached hydrogen (secondary N) is 1. The van der Waals surface area contributed by atoms with Crippen molar-refractivity contribution < 1.29 is 31.9 Å². The Labute approximate surface area is 219 Å². The summed E-state index contributed by atoms with van der Waals surface area (Å²) in [7, 11) is -3.94. The highest BCUT2D eigenvalue weighted by atomic mass is 35.5. The molecule has 37 heavy (non-hydrogen) atoms. The van der Waals surface area contributed by atoms with Crippen LogP contribution in [-0.4, -0.2) is 36.1 Å². The van der Waals surface area contributed by atoms with E-state index in [4.69, 9.17) is 11.6 Å². The number of rotatable bonds is 8. The Morgan fingerprint density at radius 2 is 1.68 bits per heavy atom. The summed E-state index contributed by atoms with van der Waals surface area (Å²) in [6.07, 6.45) is 4.46. The molecule has 0 saturated heterocycles. The number of amides is 1. The van der Waals surface area contributed by atoms with Gasteiger partial charge in [0.2, 0.25) is 0 Å². The topological polar surface area (TPSA) is 101 Å². The number of fused-ring (bicyclic) bond motifs is 2. The highest BCUT2D eigenvalue weighted by Gasteiger charge is 2.55. The first-order chi connectivity index (χ1) is 17.5. The zero-order chi connectivity index (χ0) is 26.5. The molecule has 5 rings (SSSR count). The lowest BCUT2D eigenvalue weighted by atomic mass is 9.71. The van der Waals surface area contributed by atoms with Gasteiger partial charge in [0.05, 0.1) is 20.8 Å². The number of carbonyl (C=O) groups is 2. The molecule has 0 aromatic heterocycles. The van der Waals surface area contributed by atoms with E-state index in [0.717, 1.165) is 25.0 Å². The quantitative estimate of drug-likeness (QED) is 0.462. The van der Waals surface area contributed by atoms with Crippen LogP contribution in [0.2, 0.25) is 5.02 Å². The first kappa shape index (κ1) is 26.3. The van der Waals surface area contributed by atoms with Crippen molar-refractivity contribution in [3.8, 4) is 0 Å². The van der Waals surface area contributed by atoms with E-state index in [1.54, 1.807) is 0 Å². The Bertz CT molecular complexity index is 1350. The normalized spacial score (nSPS) is 27.2. The molecule has 0 aliphatic heterocycles. The molecule has 198 valence electrons. The minimum Gasteiger partial charge on any atom is -0.389 e. The third-order valence-corrected chi connectivity index (χ3v) is 10.9. The lowest BCUT2D eigenvalue weighted by Gasteiger charge is -2.42. The molecule has 2 bridgehead atoms. The fraction of sp³-hybridized carbons (Fsp3) is 0.481. The molecule has 3 fully saturated rings. The van der Waals surface area contributed by atoms with Crippen molar-refractivity contribution in [2.24, 2.45) is 17.8 Å². The molecule has 0 radical (unpaired) electrons. The van der Waals surface area contributed by atoms with Crippen LogP contribution in [0.4, 0.5) is 14.5 Å². The highest BCUT2D eigenvalue weighted by Crippen LogP contribution is 2.54. The molecule has 10 heteroatoms. The van der Waals surface area contributed by atoms with Gasteiger partial charge in [-0.15, -0.1) is 0 Å². The van der Waals surface area contributed by atoms with Gasteiger partial charge in [0, 0.05) is 29.7 Å². The van der Waals surface area contributed by atoms with Crippen LogP contribution in [0.1, 0.15) is 61.7 Å². The Hall–Kier alpha value is -2.36. The summed E-state index contributed by atoms with van der Waals surface area (Å²) in [6.45, 7) is 0. The number of aliphatic hydroxyl groups is 1. The molecule has 3 aliphatic rings. The zero-order valence-corrected chi connectivity index (χ0v) is 21.6. The van der Waals surface area contributed by atoms with Crippen molar-refractivity contribution >= 4 is 38.8 Å². The summed E-state index contributed by atoms with van der Waals surface area (Å²) in [5.74, 6) is -3.01. The second-order valence-electron chi connectivity index (χ2n) is 10.6. The maximum Gasteiger partial charge on any atom is 0.255 e. The van der Waals surface area contributed by atoms with Crippen molar-refractivity contribution in [2.45, 2.75) is 67.1 Å². The number of halogens is 3. The van der Waals surface area contributed by atoms with E-state index in [1.165, 1.54) is 24.3 Å². The third-order valence-electron chi connectivity index (χ3n) is 8.29. The molecule has 1 amide bonds. The lowest BCUT2D eigenvalue weighted by molar-refractivity contribution is -0.123. The Kier molecular flexibility index (Phi) is 6.92. The number of Topliss-reactive ketones (excluding diaryl/α,β-unsaturated/α-hetero) is 1. The van der Waals surface area contributed by atoms with E-state index in [1.807, 2.05) is 0 Å². The molecule has 2 aromatic rings. The van der Waals surface area contributed by atoms with Crippen LogP contribution < -0.4 is 5.32 Å². The van der Waals surface area contributed by atoms with Gasteiger partial charge in [-0.05, 0) is 87.1 Å². The minimum atomic E-state index is -3.94. The van der Waals surface area contributed by atoms with Crippen LogP contribution in [0.5, 0.6) is 0 Å². The minimum absolute atomic E-state index is 0.00147. The molecule has 3 saturated carbocycles. The average Bonchev–Trinajstić information content (AvgIpc) is 3.68. The maximum absolute atomic E-state index is 13.7. The van der Waals surface area contributed by atoms with Gasteiger partial charge in [-0.3, -0.25) is 9.59 Å². The van der Waals surface area contributed by atoms with Gasteiger partial charge in [0.15, 0.2) is 21.5 Å². The molecule has 3 aliphatic carbocycles. The number of sulfone groups is 1. The first-order valence-electron chi connectivity index (χ1n) is 12.5. The number of hydrogen-bond acceptors (Lipinski definition) is 5. The van der Waals surface area contributed by atoms with E-state index in [0.29, 0.717) is 25.7 Å². The van der Waals surface area contributed by atoms with Crippen molar-refractivity contribution in [3.05, 3.63) is 58.6 Å². The summed E-state index contributed by atoms with van der Waals surface area (Å²) in [5.41, 5.74) is -1.01. The second kappa shape index (κ2) is 9.75. The predicted octanol–water partition coefficient (Wildman–Crippen LogP) is 5.32. The van der Waals surface area contributed by atoms with Crippen molar-refractivity contribution in [1.82, 2.24) is 0 Å². The van der Waals surface area contributed by atoms with E-state index >= 15 is 0 Å². The molecule has 0 spiro atoms. The monoisotopic (exact) mass is 551 g/mol. The van der Waals surface area contributed by atoms with E-state index in [9.17, 15) is 31.9 Å². The van der Waals surface area contributed by atoms with Crippen LogP contribution in [0, 0.1) is 29.4 Å². The van der Waals surface area contributed by atoms with Gasteiger partial charge in [0.25, 0.3) is 5.91 Å². The molecule has 6 nitrogen and oxygen atoms in total. The molecule has 0 heterocycles. The smallest absolute Gasteiger partial charge is 0.255 e. The summed E-state index contributed by atoms with van der Waals surface area (Å²) >= 11 is 6.28. The van der Waals surface area contributed by atoms with Gasteiger partial charge in [0.1, 0.15) is 5.78 Å². The number of anilines is 1. The number of hydrogen-bond donors (Lipinski definition) is 2. The summed E-state index contributed by atoms with van der Waals surface area (Å²) < 4.78 is 54.0. The summed E-state index contributed by atoms with van der Waals surface area (Å²) in [4.78, 5) is 24.8. The molecular formula is C27H28ClF2NO5S. The summed E-state index contributed by atoms with van der Waals surface area (Å²) in [6, 6.07) is 6.79. The largest absolute Gasteiger partial charge is 0.389 e. The predicted molar refractivity (Wildman–Crippen MR) is 134 cm³/mol. The maximum atomic E-state index is 13.7. The SMILES string of the molecule is O=C(Nc1ccc(F)c(F)c1)c1ccc(Cl)c(S(=O)(=O)C2CC3CC[C@@H](C2)C3(O)CCC(=O)C2CC2)c1. The molecule has 2 aromatic carbocycles. The lowest BCUT2D eigenvalue weighted by Crippen LogP contribution is -2.48. The van der Waals surface area contributed by atoms with Gasteiger partial charge >= 0.3 is 0 Å². The highest BCUT2D eigenvalue weighted by molar-refractivity contribution is 7.92. The van der Waals surface area contributed by atoms with Crippen LogP contribution in [-0.2, 0) is 14.6 Å². The fourth-order valence-electron chi connectivity index (χ4n) is 6.02. The van der Waals surface area contributed by atoms with Crippen LogP contribution in [0.3, 0.4) is 0 Å². The van der Waals surface area contributed by atoms with Gasteiger partial charge in [-0.1, -0.05) is 11.6 Å². The van der Waals surface area contributed by atoms with Crippen LogP contribution >= 0.6 is 11.6 Å². The Morgan fingerprint density at radius 3 is 2.30 bits per heavy atom. The van der Waals surface area contributed by atoms with Crippen molar-refractivity contribution in [3.63, 3.8) is 0 Å². The molecule has 3 unspecified atom stereocenters. The molecule has 4 atom stereocenters. The van der Waals surface area contributed by atoms with Crippen LogP contribution in [0.15, 0.2) is 41.3 Å². The molecule has 2 N–H and O–H groups in total. The second-order valence-corrected chi connectivity index (χ2v) is 13.2. The van der Waals surface area contributed by atoms with Gasteiger partial charge in [-0.2, -0.15) is 0 Å². The van der Waals surface area contributed by atoms with E-state index < -0.39 is 38.2 Å². The first-order valence-corrected chi connectivity index (χ1v) is 14.5. The molecular weight excluding hydrogens is 524 g/mol. The number of ketones is 1. The van der Waals surface area contributed by atoms with Crippen molar-refractivity contribution in [1.29, 1.82) is 0 Å². The van der Waals surface area contributed by atoms with Gasteiger partial charge in [-0.25, -0.2) is 17.2 Å². The Balaban J connectivity index is 1.33. The number of benzene rings is 2.